The lowest BCUT2D eigenvalue weighted by atomic mass is 10.2. The molecule has 0 aliphatic heterocycles. The average Bonchev–Trinajstić information content (AvgIpc) is 3.40. The molecule has 0 aliphatic carbocycles. The van der Waals surface area contributed by atoms with Crippen LogP contribution in [0.1, 0.15) is 11.5 Å². The SMILES string of the molecule is COc1cccc(-c2nnc(Sc3ccc(Cl)c(C#N)n3)n2Cc2ccco2)c1. The number of hydrogen-bond acceptors (Lipinski definition) is 7. The fourth-order valence-electron chi connectivity index (χ4n) is 2.69. The lowest BCUT2D eigenvalue weighted by Gasteiger charge is -2.09. The molecule has 0 atom stereocenters. The van der Waals surface area contributed by atoms with E-state index >= 15 is 0 Å². The maximum Gasteiger partial charge on any atom is 0.198 e. The van der Waals surface area contributed by atoms with Gasteiger partial charge in [0.15, 0.2) is 16.7 Å². The molecule has 0 aliphatic rings. The van der Waals surface area contributed by atoms with E-state index in [1.165, 1.54) is 11.8 Å². The average molecular weight is 424 g/mol. The third-order valence-corrected chi connectivity index (χ3v) is 5.29. The van der Waals surface area contributed by atoms with E-state index in [9.17, 15) is 5.26 Å². The first-order valence-corrected chi connectivity index (χ1v) is 9.72. The van der Waals surface area contributed by atoms with Gasteiger partial charge in [0.05, 0.1) is 24.9 Å². The summed E-state index contributed by atoms with van der Waals surface area (Å²) in [5.74, 6) is 2.15. The van der Waals surface area contributed by atoms with Crippen molar-refractivity contribution in [3.8, 4) is 23.2 Å². The van der Waals surface area contributed by atoms with Crippen LogP contribution in [-0.2, 0) is 6.54 Å². The van der Waals surface area contributed by atoms with Crippen molar-refractivity contribution in [2.75, 3.05) is 7.11 Å². The van der Waals surface area contributed by atoms with Crippen molar-refractivity contribution in [2.45, 2.75) is 16.7 Å². The van der Waals surface area contributed by atoms with Crippen LogP contribution < -0.4 is 4.74 Å². The highest BCUT2D eigenvalue weighted by molar-refractivity contribution is 7.99. The number of methoxy groups -OCH3 is 1. The van der Waals surface area contributed by atoms with Crippen molar-refractivity contribution in [3.05, 3.63) is 71.3 Å². The highest BCUT2D eigenvalue weighted by atomic mass is 35.5. The summed E-state index contributed by atoms with van der Waals surface area (Å²) in [6.45, 7) is 0.438. The van der Waals surface area contributed by atoms with E-state index in [-0.39, 0.29) is 5.69 Å². The molecule has 144 valence electrons. The zero-order valence-corrected chi connectivity index (χ0v) is 16.8. The summed E-state index contributed by atoms with van der Waals surface area (Å²) in [4.78, 5) is 4.28. The van der Waals surface area contributed by atoms with Gasteiger partial charge >= 0.3 is 0 Å². The minimum Gasteiger partial charge on any atom is -0.497 e. The number of nitrogens with zero attached hydrogens (tertiary/aromatic N) is 5. The van der Waals surface area contributed by atoms with Gasteiger partial charge in [-0.05, 0) is 48.2 Å². The first-order chi connectivity index (χ1) is 14.2. The van der Waals surface area contributed by atoms with Gasteiger partial charge in [0.1, 0.15) is 22.6 Å². The predicted octanol–water partition coefficient (Wildman–Crippen LogP) is 4.67. The number of pyridine rings is 1. The van der Waals surface area contributed by atoms with Crippen LogP contribution in [0.15, 0.2) is 69.4 Å². The highest BCUT2D eigenvalue weighted by Gasteiger charge is 2.18. The molecule has 0 fully saturated rings. The molecule has 4 rings (SSSR count). The second-order valence-electron chi connectivity index (χ2n) is 5.90. The molecule has 0 spiro atoms. The summed E-state index contributed by atoms with van der Waals surface area (Å²) < 4.78 is 12.8. The van der Waals surface area contributed by atoms with Crippen molar-refractivity contribution >= 4 is 23.4 Å². The Balaban J connectivity index is 1.75. The molecule has 4 aromatic rings. The highest BCUT2D eigenvalue weighted by Crippen LogP contribution is 2.31. The number of aromatic nitrogens is 4. The van der Waals surface area contributed by atoms with Crippen LogP contribution >= 0.6 is 23.4 Å². The normalized spacial score (nSPS) is 10.7. The molecular weight excluding hydrogens is 410 g/mol. The molecular formula is C20H14ClN5O2S. The topological polar surface area (TPSA) is 89.8 Å². The Morgan fingerprint density at radius 2 is 2.10 bits per heavy atom. The van der Waals surface area contributed by atoms with Crippen LogP contribution in [0.25, 0.3) is 11.4 Å². The van der Waals surface area contributed by atoms with E-state index in [0.717, 1.165) is 17.1 Å². The molecule has 1 aromatic carbocycles. The molecule has 0 N–H and O–H groups in total. The van der Waals surface area contributed by atoms with Gasteiger partial charge in [0.2, 0.25) is 0 Å². The zero-order chi connectivity index (χ0) is 20.2. The lowest BCUT2D eigenvalue weighted by molar-refractivity contribution is 0.415. The standard InChI is InChI=1S/C20H14ClN5O2S/c1-27-14-5-2-4-13(10-14)19-24-25-20(26(19)12-15-6-3-9-28-15)29-18-8-7-16(21)17(11-22)23-18/h2-10H,12H2,1H3. The molecule has 29 heavy (non-hydrogen) atoms. The molecule has 0 saturated heterocycles. The van der Waals surface area contributed by atoms with Crippen LogP contribution in [0.4, 0.5) is 0 Å². The Morgan fingerprint density at radius 3 is 2.86 bits per heavy atom. The second-order valence-corrected chi connectivity index (χ2v) is 7.29. The minimum atomic E-state index is 0.168. The Labute approximate surface area is 175 Å². The van der Waals surface area contributed by atoms with Gasteiger partial charge < -0.3 is 9.15 Å². The number of rotatable bonds is 6. The van der Waals surface area contributed by atoms with Gasteiger partial charge in [-0.2, -0.15) is 5.26 Å². The Morgan fingerprint density at radius 1 is 1.21 bits per heavy atom. The fraction of sp³-hybridized carbons (Fsp3) is 0.100. The summed E-state index contributed by atoms with van der Waals surface area (Å²) in [6.07, 6.45) is 1.62. The van der Waals surface area contributed by atoms with E-state index in [0.29, 0.717) is 27.6 Å². The van der Waals surface area contributed by atoms with Gasteiger partial charge in [-0.25, -0.2) is 4.98 Å². The van der Waals surface area contributed by atoms with Crippen molar-refractivity contribution in [3.63, 3.8) is 0 Å². The summed E-state index contributed by atoms with van der Waals surface area (Å²) in [6, 6.07) is 16.7. The van der Waals surface area contributed by atoms with Gasteiger partial charge in [0.25, 0.3) is 0 Å². The monoisotopic (exact) mass is 423 g/mol. The predicted molar refractivity (Wildman–Crippen MR) is 108 cm³/mol. The Bertz CT molecular complexity index is 1180. The number of halogens is 1. The molecule has 0 amide bonds. The lowest BCUT2D eigenvalue weighted by Crippen LogP contribution is -2.03. The summed E-state index contributed by atoms with van der Waals surface area (Å²) >= 11 is 7.28. The van der Waals surface area contributed by atoms with E-state index < -0.39 is 0 Å². The molecule has 7 nitrogen and oxygen atoms in total. The number of nitriles is 1. The Hall–Kier alpha value is -3.28. The van der Waals surface area contributed by atoms with Crippen molar-refractivity contribution in [2.24, 2.45) is 0 Å². The summed E-state index contributed by atoms with van der Waals surface area (Å²) in [5, 5.41) is 19.4. The quantitative estimate of drug-likeness (QED) is 0.445. The van der Waals surface area contributed by atoms with E-state index in [1.807, 2.05) is 47.0 Å². The molecule has 0 bridgehead atoms. The zero-order valence-electron chi connectivity index (χ0n) is 15.2. The van der Waals surface area contributed by atoms with Crippen LogP contribution in [0.5, 0.6) is 5.75 Å². The third-order valence-electron chi connectivity index (χ3n) is 4.06. The number of ether oxygens (including phenoxy) is 1. The molecule has 3 heterocycles. The smallest absolute Gasteiger partial charge is 0.198 e. The number of benzene rings is 1. The summed E-state index contributed by atoms with van der Waals surface area (Å²) in [5.41, 5.74) is 1.03. The van der Waals surface area contributed by atoms with Gasteiger partial charge in [-0.15, -0.1) is 10.2 Å². The van der Waals surface area contributed by atoms with Gasteiger partial charge in [0, 0.05) is 5.56 Å². The van der Waals surface area contributed by atoms with Crippen molar-refractivity contribution < 1.29 is 9.15 Å². The van der Waals surface area contributed by atoms with Crippen molar-refractivity contribution in [1.29, 1.82) is 5.26 Å². The second kappa shape index (κ2) is 8.39. The van der Waals surface area contributed by atoms with E-state index in [2.05, 4.69) is 15.2 Å². The van der Waals surface area contributed by atoms with Gasteiger partial charge in [-0.3, -0.25) is 4.57 Å². The molecule has 0 saturated carbocycles. The number of furan rings is 1. The molecule has 9 heteroatoms. The maximum atomic E-state index is 9.17. The molecule has 0 radical (unpaired) electrons. The number of hydrogen-bond donors (Lipinski definition) is 0. The maximum absolute atomic E-state index is 9.17. The first-order valence-electron chi connectivity index (χ1n) is 8.52. The van der Waals surface area contributed by atoms with Crippen LogP contribution in [0, 0.1) is 11.3 Å². The molecule has 0 unspecified atom stereocenters. The Kier molecular flexibility index (Phi) is 5.51. The van der Waals surface area contributed by atoms with Crippen LogP contribution in [-0.4, -0.2) is 26.9 Å². The minimum absolute atomic E-state index is 0.168. The third kappa shape index (κ3) is 4.11. The fourth-order valence-corrected chi connectivity index (χ4v) is 3.64. The van der Waals surface area contributed by atoms with E-state index in [4.69, 9.17) is 20.8 Å². The van der Waals surface area contributed by atoms with Crippen LogP contribution in [0.2, 0.25) is 5.02 Å². The first kappa shape index (κ1) is 19.1. The van der Waals surface area contributed by atoms with E-state index in [1.54, 1.807) is 25.5 Å². The van der Waals surface area contributed by atoms with Crippen LogP contribution in [0.3, 0.4) is 0 Å². The van der Waals surface area contributed by atoms with Gasteiger partial charge in [-0.1, -0.05) is 23.7 Å². The molecule has 3 aromatic heterocycles. The largest absolute Gasteiger partial charge is 0.497 e. The van der Waals surface area contributed by atoms with Crippen molar-refractivity contribution in [1.82, 2.24) is 19.7 Å². The summed E-state index contributed by atoms with van der Waals surface area (Å²) in [7, 11) is 1.62.